The third-order valence-electron chi connectivity index (χ3n) is 4.56. The molecule has 1 aromatic heterocycles. The first-order valence-corrected chi connectivity index (χ1v) is 10.5. The third-order valence-corrected chi connectivity index (χ3v) is 6.20. The Balaban J connectivity index is 2.10. The lowest BCUT2D eigenvalue weighted by Gasteiger charge is -2.34. The van der Waals surface area contributed by atoms with Crippen LogP contribution in [-0.2, 0) is 22.9 Å². The zero-order chi connectivity index (χ0) is 17.6. The first kappa shape index (κ1) is 19.4. The van der Waals surface area contributed by atoms with Gasteiger partial charge in [0.05, 0.1) is 24.3 Å². The fourth-order valence-electron chi connectivity index (χ4n) is 2.99. The molecule has 1 aliphatic rings. The Morgan fingerprint density at radius 2 is 1.79 bits per heavy atom. The molecule has 0 bridgehead atoms. The molecule has 1 saturated heterocycles. The van der Waals surface area contributed by atoms with Gasteiger partial charge in [-0.15, -0.1) is 0 Å². The number of imidazole rings is 1. The van der Waals surface area contributed by atoms with Crippen molar-refractivity contribution < 1.29 is 13.5 Å². The van der Waals surface area contributed by atoms with Crippen LogP contribution in [0.3, 0.4) is 0 Å². The van der Waals surface area contributed by atoms with Gasteiger partial charge in [-0.05, 0) is 6.42 Å². The molecule has 138 valence electrons. The van der Waals surface area contributed by atoms with Gasteiger partial charge in [-0.3, -0.25) is 9.80 Å². The fraction of sp³-hybridized carbons (Fsp3) is 0.812. The highest BCUT2D eigenvalue weighted by atomic mass is 32.2. The topological polar surface area (TPSA) is 78.7 Å². The normalized spacial score (nSPS) is 17.5. The number of aliphatic hydroxyl groups excluding tert-OH is 1. The maximum atomic E-state index is 12.3. The number of aromatic nitrogens is 2. The van der Waals surface area contributed by atoms with Crippen LogP contribution in [0.2, 0.25) is 0 Å². The van der Waals surface area contributed by atoms with Gasteiger partial charge < -0.3 is 9.67 Å². The average molecular weight is 359 g/mol. The number of aliphatic hydroxyl groups is 1. The van der Waals surface area contributed by atoms with E-state index >= 15 is 0 Å². The molecule has 7 nitrogen and oxygen atoms in total. The highest BCUT2D eigenvalue weighted by molar-refractivity contribution is 7.91. The molecule has 0 amide bonds. The van der Waals surface area contributed by atoms with Crippen molar-refractivity contribution in [1.29, 1.82) is 0 Å². The summed E-state index contributed by atoms with van der Waals surface area (Å²) in [5, 5.41) is 9.23. The fourth-order valence-corrected chi connectivity index (χ4v) is 4.01. The summed E-state index contributed by atoms with van der Waals surface area (Å²) in [4.78, 5) is 8.80. The molecule has 0 aromatic carbocycles. The van der Waals surface area contributed by atoms with Crippen LogP contribution in [0.5, 0.6) is 0 Å². The molecule has 1 fully saturated rings. The van der Waals surface area contributed by atoms with E-state index in [1.54, 1.807) is 13.1 Å². The SMILES string of the molecule is CCCCn1c(CN2CCN(CCO)CC2)cnc1S(=O)(=O)CC. The van der Waals surface area contributed by atoms with E-state index in [1.807, 2.05) is 4.57 Å². The second kappa shape index (κ2) is 8.94. The van der Waals surface area contributed by atoms with Gasteiger partial charge in [-0.25, -0.2) is 13.4 Å². The van der Waals surface area contributed by atoms with Crippen LogP contribution in [0.4, 0.5) is 0 Å². The smallest absolute Gasteiger partial charge is 0.227 e. The molecule has 8 heteroatoms. The Labute approximate surface area is 145 Å². The van der Waals surface area contributed by atoms with Gasteiger partial charge in [-0.2, -0.15) is 0 Å². The quantitative estimate of drug-likeness (QED) is 0.696. The molecule has 0 atom stereocenters. The number of rotatable bonds is 9. The van der Waals surface area contributed by atoms with E-state index in [4.69, 9.17) is 5.11 Å². The van der Waals surface area contributed by atoms with E-state index in [9.17, 15) is 8.42 Å². The van der Waals surface area contributed by atoms with E-state index in [-0.39, 0.29) is 17.5 Å². The van der Waals surface area contributed by atoms with Gasteiger partial charge in [0.15, 0.2) is 0 Å². The van der Waals surface area contributed by atoms with Gasteiger partial charge in [0.1, 0.15) is 0 Å². The lowest BCUT2D eigenvalue weighted by atomic mass is 10.3. The first-order valence-electron chi connectivity index (χ1n) is 8.84. The van der Waals surface area contributed by atoms with Gasteiger partial charge in [0.2, 0.25) is 15.0 Å². The maximum Gasteiger partial charge on any atom is 0.227 e. The van der Waals surface area contributed by atoms with Crippen molar-refractivity contribution in [2.45, 2.75) is 44.9 Å². The van der Waals surface area contributed by atoms with E-state index in [0.717, 1.165) is 57.8 Å². The molecular weight excluding hydrogens is 328 g/mol. The molecule has 0 spiro atoms. The largest absolute Gasteiger partial charge is 0.395 e. The Bertz CT molecular complexity index is 607. The zero-order valence-corrected chi connectivity index (χ0v) is 15.6. The predicted octanol–water partition coefficient (Wildman–Crippen LogP) is 0.587. The lowest BCUT2D eigenvalue weighted by Crippen LogP contribution is -2.46. The molecule has 2 heterocycles. The molecule has 0 unspecified atom stereocenters. The molecule has 1 N–H and O–H groups in total. The standard InChI is InChI=1S/C16H30N4O3S/c1-3-5-6-20-15(13-17-16(20)24(22,23)4-2)14-19-9-7-18(8-10-19)11-12-21/h13,21H,3-12,14H2,1-2H3. The number of unbranched alkanes of at least 4 members (excludes halogenated alkanes) is 1. The number of hydrogen-bond donors (Lipinski definition) is 1. The van der Waals surface area contributed by atoms with Crippen LogP contribution in [0.15, 0.2) is 11.4 Å². The van der Waals surface area contributed by atoms with Crippen LogP contribution in [0, 0.1) is 0 Å². The Kier molecular flexibility index (Phi) is 7.21. The van der Waals surface area contributed by atoms with Gasteiger partial charge in [0.25, 0.3) is 0 Å². The monoisotopic (exact) mass is 358 g/mol. The molecule has 1 aliphatic heterocycles. The molecule has 24 heavy (non-hydrogen) atoms. The van der Waals surface area contributed by atoms with Crippen LogP contribution < -0.4 is 0 Å². The van der Waals surface area contributed by atoms with Gasteiger partial charge in [-0.1, -0.05) is 20.3 Å². The Morgan fingerprint density at radius 3 is 2.38 bits per heavy atom. The molecule has 0 radical (unpaired) electrons. The Morgan fingerprint density at radius 1 is 1.12 bits per heavy atom. The minimum atomic E-state index is -3.30. The summed E-state index contributed by atoms with van der Waals surface area (Å²) in [6.07, 6.45) is 3.68. The third kappa shape index (κ3) is 4.78. The average Bonchev–Trinajstić information content (AvgIpc) is 2.98. The maximum absolute atomic E-state index is 12.3. The Hall–Kier alpha value is -0.960. The van der Waals surface area contributed by atoms with E-state index in [1.165, 1.54) is 0 Å². The molecule has 0 saturated carbocycles. The van der Waals surface area contributed by atoms with E-state index in [2.05, 4.69) is 21.7 Å². The minimum Gasteiger partial charge on any atom is -0.395 e. The number of nitrogens with zero attached hydrogens (tertiary/aromatic N) is 4. The van der Waals surface area contributed by atoms with E-state index in [0.29, 0.717) is 6.54 Å². The molecule has 1 aromatic rings. The zero-order valence-electron chi connectivity index (χ0n) is 14.8. The summed E-state index contributed by atoms with van der Waals surface area (Å²) in [6, 6.07) is 0. The van der Waals surface area contributed by atoms with Crippen molar-refractivity contribution in [2.24, 2.45) is 0 Å². The highest BCUT2D eigenvalue weighted by Gasteiger charge is 2.23. The lowest BCUT2D eigenvalue weighted by molar-refractivity contribution is 0.107. The van der Waals surface area contributed by atoms with Gasteiger partial charge in [0, 0.05) is 45.8 Å². The number of sulfone groups is 1. The summed E-state index contributed by atoms with van der Waals surface area (Å²) >= 11 is 0. The summed E-state index contributed by atoms with van der Waals surface area (Å²) < 4.78 is 26.4. The molecular formula is C16H30N4O3S. The van der Waals surface area contributed by atoms with Crippen LogP contribution in [-0.4, -0.2) is 78.0 Å². The predicted molar refractivity (Wildman–Crippen MR) is 93.7 cm³/mol. The van der Waals surface area contributed by atoms with Crippen molar-refractivity contribution in [3.8, 4) is 0 Å². The van der Waals surface area contributed by atoms with Crippen molar-refractivity contribution in [3.05, 3.63) is 11.9 Å². The minimum absolute atomic E-state index is 0.0788. The summed E-state index contributed by atoms with van der Waals surface area (Å²) in [6.45, 7) is 9.83. The van der Waals surface area contributed by atoms with Crippen molar-refractivity contribution in [1.82, 2.24) is 19.4 Å². The van der Waals surface area contributed by atoms with Gasteiger partial charge >= 0.3 is 0 Å². The number of β-amino-alcohol motifs (C(OH)–C–C–N with tert-alkyl or cyclic N) is 1. The second-order valence-electron chi connectivity index (χ2n) is 6.28. The number of piperazine rings is 1. The van der Waals surface area contributed by atoms with Crippen molar-refractivity contribution in [3.63, 3.8) is 0 Å². The van der Waals surface area contributed by atoms with E-state index < -0.39 is 9.84 Å². The summed E-state index contributed by atoms with van der Waals surface area (Å²) in [5.74, 6) is 0.0788. The van der Waals surface area contributed by atoms with Crippen molar-refractivity contribution in [2.75, 3.05) is 45.1 Å². The second-order valence-corrected chi connectivity index (χ2v) is 8.45. The molecule has 2 rings (SSSR count). The first-order chi connectivity index (χ1) is 11.5. The van der Waals surface area contributed by atoms with Crippen LogP contribution >= 0.6 is 0 Å². The number of hydrogen-bond acceptors (Lipinski definition) is 6. The summed E-state index contributed by atoms with van der Waals surface area (Å²) in [5.41, 5.74) is 0.978. The summed E-state index contributed by atoms with van der Waals surface area (Å²) in [7, 11) is -3.30. The van der Waals surface area contributed by atoms with Crippen molar-refractivity contribution >= 4 is 9.84 Å². The molecule has 0 aliphatic carbocycles. The highest BCUT2D eigenvalue weighted by Crippen LogP contribution is 2.17. The van der Waals surface area contributed by atoms with Crippen LogP contribution in [0.25, 0.3) is 0 Å². The van der Waals surface area contributed by atoms with Crippen LogP contribution in [0.1, 0.15) is 32.4 Å².